The number of carbonyl (C=O) groups is 3. The zero-order chi connectivity index (χ0) is 28.9. The highest BCUT2D eigenvalue weighted by molar-refractivity contribution is 9.10. The van der Waals surface area contributed by atoms with Gasteiger partial charge in [0.25, 0.3) is 11.8 Å². The highest BCUT2D eigenvalue weighted by Crippen LogP contribution is 2.29. The van der Waals surface area contributed by atoms with Gasteiger partial charge < -0.3 is 9.47 Å². The van der Waals surface area contributed by atoms with Crippen LogP contribution in [0.3, 0.4) is 0 Å². The standard InChI is InChI=1S/C31H21BrCl2N2O5/c32-22-6-4-19(5-7-22)17-40-26-11-9-25(10-12-26)36-30(38)27(29(37)35-31(36)39)16-21-15-24(34)8-13-28(21)41-18-20-2-1-3-23(33)14-20/h1-16H,17-18H2,(H,35,37,39)/b27-16+. The van der Waals surface area contributed by atoms with E-state index in [1.165, 1.54) is 6.08 Å². The largest absolute Gasteiger partial charge is 0.489 e. The average molecular weight is 652 g/mol. The Labute approximate surface area is 254 Å². The van der Waals surface area contributed by atoms with Crippen molar-refractivity contribution in [2.75, 3.05) is 4.90 Å². The second kappa shape index (κ2) is 12.6. The van der Waals surface area contributed by atoms with Gasteiger partial charge in [0.1, 0.15) is 30.3 Å². The molecule has 4 aromatic carbocycles. The van der Waals surface area contributed by atoms with Gasteiger partial charge in [-0.2, -0.15) is 0 Å². The van der Waals surface area contributed by atoms with Gasteiger partial charge >= 0.3 is 6.03 Å². The molecule has 1 aliphatic heterocycles. The van der Waals surface area contributed by atoms with Gasteiger partial charge in [0.15, 0.2) is 0 Å². The number of ether oxygens (including phenoxy) is 2. The molecular formula is C31H21BrCl2N2O5. The minimum absolute atomic E-state index is 0.194. The molecule has 41 heavy (non-hydrogen) atoms. The van der Waals surface area contributed by atoms with Crippen LogP contribution in [-0.4, -0.2) is 17.8 Å². The molecule has 7 nitrogen and oxygen atoms in total. The second-order valence-corrected chi connectivity index (χ2v) is 10.8. The maximum atomic E-state index is 13.4. The molecule has 4 aromatic rings. The maximum absolute atomic E-state index is 13.4. The third kappa shape index (κ3) is 6.97. The third-order valence-corrected chi connectivity index (χ3v) is 7.07. The molecule has 1 heterocycles. The summed E-state index contributed by atoms with van der Waals surface area (Å²) in [6, 6.07) is 25.3. The van der Waals surface area contributed by atoms with Crippen LogP contribution in [0.15, 0.2) is 101 Å². The van der Waals surface area contributed by atoms with Gasteiger partial charge in [-0.05, 0) is 83.9 Å². The predicted molar refractivity (Wildman–Crippen MR) is 161 cm³/mol. The van der Waals surface area contributed by atoms with Crippen molar-refractivity contribution in [2.24, 2.45) is 0 Å². The van der Waals surface area contributed by atoms with E-state index in [0.717, 1.165) is 20.5 Å². The van der Waals surface area contributed by atoms with E-state index in [2.05, 4.69) is 21.2 Å². The molecule has 1 fully saturated rings. The number of imide groups is 2. The van der Waals surface area contributed by atoms with E-state index in [4.69, 9.17) is 32.7 Å². The lowest BCUT2D eigenvalue weighted by molar-refractivity contribution is -0.122. The Kier molecular flexibility index (Phi) is 8.73. The second-order valence-electron chi connectivity index (χ2n) is 8.97. The number of amides is 4. The van der Waals surface area contributed by atoms with Gasteiger partial charge in [0, 0.05) is 20.1 Å². The number of nitrogens with one attached hydrogen (secondary N) is 1. The van der Waals surface area contributed by atoms with E-state index in [9.17, 15) is 14.4 Å². The summed E-state index contributed by atoms with van der Waals surface area (Å²) in [5.41, 5.74) is 2.22. The van der Waals surface area contributed by atoms with E-state index < -0.39 is 17.8 Å². The van der Waals surface area contributed by atoms with Crippen LogP contribution in [0.5, 0.6) is 11.5 Å². The molecule has 0 radical (unpaired) electrons. The molecule has 0 unspecified atom stereocenters. The lowest BCUT2D eigenvalue weighted by Gasteiger charge is -2.26. The maximum Gasteiger partial charge on any atom is 0.335 e. The van der Waals surface area contributed by atoms with Crippen LogP contribution in [0.25, 0.3) is 6.08 Å². The van der Waals surface area contributed by atoms with Crippen molar-refractivity contribution in [1.29, 1.82) is 0 Å². The van der Waals surface area contributed by atoms with Crippen molar-refractivity contribution in [3.8, 4) is 11.5 Å². The van der Waals surface area contributed by atoms with Gasteiger partial charge in [-0.15, -0.1) is 0 Å². The number of halogens is 3. The summed E-state index contributed by atoms with van der Waals surface area (Å²) in [5.74, 6) is -0.679. The molecule has 0 bridgehead atoms. The summed E-state index contributed by atoms with van der Waals surface area (Å²) in [4.78, 5) is 39.8. The van der Waals surface area contributed by atoms with E-state index in [0.29, 0.717) is 33.7 Å². The molecular weight excluding hydrogens is 631 g/mol. The van der Waals surface area contributed by atoms with E-state index >= 15 is 0 Å². The Morgan fingerprint density at radius 1 is 0.780 bits per heavy atom. The summed E-state index contributed by atoms with van der Waals surface area (Å²) < 4.78 is 12.7. The first kappa shape index (κ1) is 28.4. The first-order chi connectivity index (χ1) is 19.8. The molecule has 10 heteroatoms. The summed E-state index contributed by atoms with van der Waals surface area (Å²) in [5, 5.41) is 3.18. The van der Waals surface area contributed by atoms with Crippen molar-refractivity contribution < 1.29 is 23.9 Å². The number of benzene rings is 4. The normalized spacial score (nSPS) is 14.3. The molecule has 0 spiro atoms. The summed E-state index contributed by atoms with van der Waals surface area (Å²) >= 11 is 15.7. The fourth-order valence-corrected chi connectivity index (χ4v) is 4.70. The fourth-order valence-electron chi connectivity index (χ4n) is 4.04. The average Bonchev–Trinajstić information content (AvgIpc) is 2.95. The SMILES string of the molecule is O=C1NC(=O)N(c2ccc(OCc3ccc(Br)cc3)cc2)C(=O)/C1=C/c1cc(Cl)ccc1OCc1cccc(Cl)c1. The van der Waals surface area contributed by atoms with Gasteiger partial charge in [0.2, 0.25) is 0 Å². The number of hydrogen-bond acceptors (Lipinski definition) is 5. The van der Waals surface area contributed by atoms with Crippen molar-refractivity contribution in [2.45, 2.75) is 13.2 Å². The Morgan fingerprint density at radius 3 is 2.22 bits per heavy atom. The van der Waals surface area contributed by atoms with Gasteiger partial charge in [0.05, 0.1) is 5.69 Å². The smallest absolute Gasteiger partial charge is 0.335 e. The van der Waals surface area contributed by atoms with Gasteiger partial charge in [-0.25, -0.2) is 9.69 Å². The topological polar surface area (TPSA) is 84.9 Å². The zero-order valence-corrected chi connectivity index (χ0v) is 24.4. The lowest BCUT2D eigenvalue weighted by atomic mass is 10.1. The zero-order valence-electron chi connectivity index (χ0n) is 21.3. The highest BCUT2D eigenvalue weighted by atomic mass is 79.9. The number of rotatable bonds is 8. The van der Waals surface area contributed by atoms with Crippen LogP contribution < -0.4 is 19.7 Å². The number of urea groups is 1. The van der Waals surface area contributed by atoms with Crippen molar-refractivity contribution in [1.82, 2.24) is 5.32 Å². The molecule has 1 saturated heterocycles. The first-order valence-electron chi connectivity index (χ1n) is 12.3. The summed E-state index contributed by atoms with van der Waals surface area (Å²) in [6.07, 6.45) is 1.35. The molecule has 4 amide bonds. The Balaban J connectivity index is 1.35. The lowest BCUT2D eigenvalue weighted by Crippen LogP contribution is -2.54. The van der Waals surface area contributed by atoms with E-state index in [1.54, 1.807) is 54.6 Å². The third-order valence-electron chi connectivity index (χ3n) is 6.07. The number of hydrogen-bond donors (Lipinski definition) is 1. The van der Waals surface area contributed by atoms with E-state index in [-0.39, 0.29) is 17.9 Å². The van der Waals surface area contributed by atoms with Crippen molar-refractivity contribution >= 4 is 68.7 Å². The molecule has 0 saturated carbocycles. The molecule has 1 N–H and O–H groups in total. The molecule has 0 aliphatic carbocycles. The van der Waals surface area contributed by atoms with Crippen LogP contribution >= 0.6 is 39.1 Å². The molecule has 0 atom stereocenters. The van der Waals surface area contributed by atoms with Crippen LogP contribution in [0.4, 0.5) is 10.5 Å². The van der Waals surface area contributed by atoms with Crippen molar-refractivity contribution in [3.63, 3.8) is 0 Å². The Bertz CT molecular complexity index is 1660. The van der Waals surface area contributed by atoms with Gasteiger partial charge in [-0.3, -0.25) is 14.9 Å². The predicted octanol–water partition coefficient (Wildman–Crippen LogP) is 7.58. The summed E-state index contributed by atoms with van der Waals surface area (Å²) in [6.45, 7) is 0.540. The Morgan fingerprint density at radius 2 is 1.49 bits per heavy atom. The molecule has 1 aliphatic rings. The molecule has 5 rings (SSSR count). The monoisotopic (exact) mass is 650 g/mol. The molecule has 0 aromatic heterocycles. The minimum atomic E-state index is -0.857. The fraction of sp³-hybridized carbons (Fsp3) is 0.0645. The number of barbiturate groups is 1. The van der Waals surface area contributed by atoms with Crippen LogP contribution in [0, 0.1) is 0 Å². The van der Waals surface area contributed by atoms with Crippen LogP contribution in [0.1, 0.15) is 16.7 Å². The highest BCUT2D eigenvalue weighted by Gasteiger charge is 2.37. The Hall–Kier alpha value is -4.11. The van der Waals surface area contributed by atoms with Crippen LogP contribution in [0.2, 0.25) is 10.0 Å². The minimum Gasteiger partial charge on any atom is -0.489 e. The van der Waals surface area contributed by atoms with E-state index in [1.807, 2.05) is 36.4 Å². The van der Waals surface area contributed by atoms with Crippen molar-refractivity contribution in [3.05, 3.63) is 128 Å². The number of carbonyl (C=O) groups excluding carboxylic acids is 3. The number of anilines is 1. The summed E-state index contributed by atoms with van der Waals surface area (Å²) in [7, 11) is 0. The first-order valence-corrected chi connectivity index (χ1v) is 13.9. The quantitative estimate of drug-likeness (QED) is 0.157. The number of nitrogens with zero attached hydrogens (tertiary/aromatic N) is 1. The molecule has 206 valence electrons. The van der Waals surface area contributed by atoms with Gasteiger partial charge in [-0.1, -0.05) is 63.4 Å². The van der Waals surface area contributed by atoms with Crippen LogP contribution in [-0.2, 0) is 22.8 Å².